The lowest BCUT2D eigenvalue weighted by Crippen LogP contribution is -2.26. The highest BCUT2D eigenvalue weighted by molar-refractivity contribution is 5.97. The summed E-state index contributed by atoms with van der Waals surface area (Å²) in [6.45, 7) is 4.27. The maximum Gasteiger partial charge on any atom is 0.261 e. The van der Waals surface area contributed by atoms with E-state index in [4.69, 9.17) is 9.72 Å². The molecule has 1 aliphatic heterocycles. The molecule has 0 spiro atoms. The summed E-state index contributed by atoms with van der Waals surface area (Å²) in [5.41, 5.74) is 3.19. The number of carbonyl (C=O) groups excluding carboxylic acids is 1. The maximum absolute atomic E-state index is 12.9. The van der Waals surface area contributed by atoms with Crippen LogP contribution in [-0.2, 0) is 30.9 Å². The Labute approximate surface area is 175 Å². The van der Waals surface area contributed by atoms with Crippen molar-refractivity contribution >= 4 is 16.8 Å². The molecule has 0 radical (unpaired) electrons. The first-order chi connectivity index (χ1) is 14.7. The molecular weight excluding hydrogens is 378 g/mol. The van der Waals surface area contributed by atoms with Gasteiger partial charge in [-0.05, 0) is 49.1 Å². The van der Waals surface area contributed by atoms with Gasteiger partial charge in [-0.2, -0.15) is 0 Å². The van der Waals surface area contributed by atoms with Gasteiger partial charge >= 0.3 is 0 Å². The highest BCUT2D eigenvalue weighted by Gasteiger charge is 2.15. The Bertz CT molecular complexity index is 1120. The van der Waals surface area contributed by atoms with E-state index in [0.717, 1.165) is 49.2 Å². The molecule has 0 fully saturated rings. The zero-order valence-electron chi connectivity index (χ0n) is 17.3. The van der Waals surface area contributed by atoms with Crippen LogP contribution in [0.15, 0.2) is 47.3 Å². The summed E-state index contributed by atoms with van der Waals surface area (Å²) in [5.74, 6) is 0.646. The van der Waals surface area contributed by atoms with Gasteiger partial charge in [0.05, 0.1) is 17.5 Å². The van der Waals surface area contributed by atoms with E-state index in [9.17, 15) is 9.59 Å². The van der Waals surface area contributed by atoms with Crippen molar-refractivity contribution in [3.05, 3.63) is 75.3 Å². The predicted octanol–water partition coefficient (Wildman–Crippen LogP) is 3.59. The fraction of sp³-hybridized carbons (Fsp3) is 0.375. The number of hydrogen-bond donors (Lipinski definition) is 1. The van der Waals surface area contributed by atoms with Gasteiger partial charge in [-0.1, -0.05) is 30.7 Å². The third kappa shape index (κ3) is 4.28. The van der Waals surface area contributed by atoms with Gasteiger partial charge in [0.1, 0.15) is 5.82 Å². The van der Waals surface area contributed by atoms with Crippen molar-refractivity contribution in [1.29, 1.82) is 0 Å². The normalized spacial score (nSPS) is 13.6. The molecule has 156 valence electrons. The number of hydrogen-bond acceptors (Lipinski definition) is 4. The van der Waals surface area contributed by atoms with E-state index in [1.807, 2.05) is 31.2 Å². The van der Waals surface area contributed by atoms with Crippen molar-refractivity contribution in [3.63, 3.8) is 0 Å². The molecule has 0 atom stereocenters. The van der Waals surface area contributed by atoms with Crippen molar-refractivity contribution in [2.24, 2.45) is 0 Å². The Morgan fingerprint density at radius 3 is 2.80 bits per heavy atom. The van der Waals surface area contributed by atoms with E-state index < -0.39 is 0 Å². The van der Waals surface area contributed by atoms with Crippen LogP contribution in [0.2, 0.25) is 0 Å². The highest BCUT2D eigenvalue weighted by Crippen LogP contribution is 2.17. The lowest BCUT2D eigenvalue weighted by atomic mass is 10.1. The summed E-state index contributed by atoms with van der Waals surface area (Å²) < 4.78 is 7.31. The van der Waals surface area contributed by atoms with E-state index in [-0.39, 0.29) is 11.5 Å². The monoisotopic (exact) mass is 405 g/mol. The summed E-state index contributed by atoms with van der Waals surface area (Å²) in [6, 6.07) is 13.1. The first-order valence-electron chi connectivity index (χ1n) is 10.6. The third-order valence-electron chi connectivity index (χ3n) is 5.60. The zero-order valence-corrected chi connectivity index (χ0v) is 17.3. The van der Waals surface area contributed by atoms with Gasteiger partial charge in [-0.3, -0.25) is 14.2 Å². The van der Waals surface area contributed by atoms with E-state index >= 15 is 0 Å². The molecule has 6 nitrogen and oxygen atoms in total. The molecule has 2 aromatic carbocycles. The second-order valence-corrected chi connectivity index (χ2v) is 7.62. The van der Waals surface area contributed by atoms with Gasteiger partial charge in [0, 0.05) is 31.7 Å². The fourth-order valence-electron chi connectivity index (χ4n) is 3.92. The number of ether oxygens (including phenoxy) is 1. The molecule has 4 rings (SSSR count). The lowest BCUT2D eigenvalue weighted by Gasteiger charge is -2.12. The minimum Gasteiger partial charge on any atom is -0.377 e. The lowest BCUT2D eigenvalue weighted by molar-refractivity contribution is 0.0950. The van der Waals surface area contributed by atoms with Crippen molar-refractivity contribution in [3.8, 4) is 0 Å². The Kier molecular flexibility index (Phi) is 6.23. The minimum absolute atomic E-state index is 0.00582. The minimum atomic E-state index is -0.181. The molecule has 1 N–H and O–H groups in total. The smallest absolute Gasteiger partial charge is 0.261 e. The summed E-state index contributed by atoms with van der Waals surface area (Å²) in [6.07, 6.45) is 3.96. The van der Waals surface area contributed by atoms with Gasteiger partial charge < -0.3 is 10.1 Å². The van der Waals surface area contributed by atoms with E-state index in [2.05, 4.69) is 5.32 Å². The van der Waals surface area contributed by atoms with E-state index in [0.29, 0.717) is 36.2 Å². The summed E-state index contributed by atoms with van der Waals surface area (Å²) >= 11 is 0. The van der Waals surface area contributed by atoms with E-state index in [1.54, 1.807) is 22.8 Å². The number of fused-ring (bicyclic) bond motifs is 2. The Morgan fingerprint density at radius 1 is 1.13 bits per heavy atom. The van der Waals surface area contributed by atoms with Crippen LogP contribution >= 0.6 is 0 Å². The quantitative estimate of drug-likeness (QED) is 0.680. The molecule has 6 heteroatoms. The average Bonchev–Trinajstić information content (AvgIpc) is 3.02. The second kappa shape index (κ2) is 9.22. The van der Waals surface area contributed by atoms with Crippen LogP contribution in [0.25, 0.3) is 10.9 Å². The van der Waals surface area contributed by atoms with Gasteiger partial charge in [0.15, 0.2) is 0 Å². The molecule has 1 amide bonds. The number of rotatable bonds is 6. The van der Waals surface area contributed by atoms with Crippen molar-refractivity contribution < 1.29 is 9.53 Å². The van der Waals surface area contributed by atoms with Crippen LogP contribution in [0.1, 0.15) is 53.5 Å². The van der Waals surface area contributed by atoms with E-state index in [1.165, 1.54) is 0 Å². The van der Waals surface area contributed by atoms with Gasteiger partial charge in [0.2, 0.25) is 0 Å². The number of aromatic nitrogens is 2. The second-order valence-electron chi connectivity index (χ2n) is 7.62. The predicted molar refractivity (Wildman–Crippen MR) is 117 cm³/mol. The molecule has 3 aromatic rings. The standard InChI is InChI=1S/C24H27N3O3/c1-2-30-16-19-9-6-5-8-18(19)15-25-23(28)17-11-12-20-21(14-17)26-22-10-4-3-7-13-27(22)24(20)29/h5-6,8-9,11-12,14H,2-4,7,10,13,15-16H2,1H3,(H,25,28). The molecule has 2 heterocycles. The average molecular weight is 405 g/mol. The van der Waals surface area contributed by atoms with Crippen molar-refractivity contribution in [2.75, 3.05) is 6.61 Å². The molecule has 30 heavy (non-hydrogen) atoms. The SMILES string of the molecule is CCOCc1ccccc1CNC(=O)c1ccc2c(=O)n3c(nc2c1)CCCCC3. The first-order valence-corrected chi connectivity index (χ1v) is 10.6. The number of nitrogens with zero attached hydrogens (tertiary/aromatic N) is 2. The molecule has 0 saturated heterocycles. The van der Waals surface area contributed by atoms with Crippen molar-refractivity contribution in [2.45, 2.75) is 52.3 Å². The number of benzene rings is 2. The molecular formula is C24H27N3O3. The van der Waals surface area contributed by atoms with Crippen molar-refractivity contribution in [1.82, 2.24) is 14.9 Å². The summed E-state index contributed by atoms with van der Waals surface area (Å²) in [5, 5.41) is 3.55. The van der Waals surface area contributed by atoms with Crippen LogP contribution in [0, 0.1) is 0 Å². The largest absolute Gasteiger partial charge is 0.377 e. The van der Waals surface area contributed by atoms with Gasteiger partial charge in [-0.15, -0.1) is 0 Å². The number of amides is 1. The topological polar surface area (TPSA) is 73.2 Å². The maximum atomic E-state index is 12.9. The highest BCUT2D eigenvalue weighted by atomic mass is 16.5. The molecule has 0 saturated carbocycles. The first kappa shape index (κ1) is 20.3. The molecule has 1 aliphatic rings. The van der Waals surface area contributed by atoms with Gasteiger partial charge in [0.25, 0.3) is 11.5 Å². The Morgan fingerprint density at radius 2 is 1.97 bits per heavy atom. The molecule has 1 aromatic heterocycles. The molecule has 0 bridgehead atoms. The van der Waals surface area contributed by atoms with Gasteiger partial charge in [-0.25, -0.2) is 4.98 Å². The fourth-order valence-corrected chi connectivity index (χ4v) is 3.92. The Balaban J connectivity index is 1.55. The number of carbonyl (C=O) groups is 1. The van der Waals surface area contributed by atoms with Crippen LogP contribution in [0.4, 0.5) is 0 Å². The third-order valence-corrected chi connectivity index (χ3v) is 5.60. The zero-order chi connectivity index (χ0) is 20.9. The molecule has 0 unspecified atom stereocenters. The number of aryl methyl sites for hydroxylation is 1. The van der Waals surface area contributed by atoms with Crippen LogP contribution in [0.5, 0.6) is 0 Å². The van der Waals surface area contributed by atoms with Crippen LogP contribution < -0.4 is 10.9 Å². The summed E-state index contributed by atoms with van der Waals surface area (Å²) in [7, 11) is 0. The van der Waals surface area contributed by atoms with Crippen LogP contribution in [-0.4, -0.2) is 22.1 Å². The number of nitrogens with one attached hydrogen (secondary N) is 1. The Hall–Kier alpha value is -2.99. The van der Waals surface area contributed by atoms with Crippen LogP contribution in [0.3, 0.4) is 0 Å². The molecule has 0 aliphatic carbocycles. The summed E-state index contributed by atoms with van der Waals surface area (Å²) in [4.78, 5) is 30.3.